The lowest BCUT2D eigenvalue weighted by molar-refractivity contribution is 0.520. The van der Waals surface area contributed by atoms with E-state index in [0.29, 0.717) is 12.1 Å². The van der Waals surface area contributed by atoms with E-state index in [4.69, 9.17) is 0 Å². The van der Waals surface area contributed by atoms with Gasteiger partial charge in [-0.15, -0.1) is 11.3 Å². The van der Waals surface area contributed by atoms with E-state index < -0.39 is 11.6 Å². The smallest absolute Gasteiger partial charge is 0.128 e. The minimum Gasteiger partial charge on any atom is -0.305 e. The largest absolute Gasteiger partial charge is 0.305 e. The molecule has 5 heteroatoms. The summed E-state index contributed by atoms with van der Waals surface area (Å²) < 4.78 is 26.9. The number of benzene rings is 1. The summed E-state index contributed by atoms with van der Waals surface area (Å²) in [5, 5.41) is 4.28. The SMILES string of the molecule is CC(NCc1cnc(C(C)(C)C)s1)c1cc(F)ccc1F. The molecular weight excluding hydrogens is 290 g/mol. The van der Waals surface area contributed by atoms with Crippen molar-refractivity contribution in [1.29, 1.82) is 0 Å². The van der Waals surface area contributed by atoms with E-state index >= 15 is 0 Å². The Balaban J connectivity index is 2.02. The standard InChI is InChI=1S/C16H20F2N2S/c1-10(13-7-11(17)5-6-14(13)18)19-8-12-9-20-15(21-12)16(2,3)4/h5-7,9-10,19H,8H2,1-4H3. The maximum absolute atomic E-state index is 13.7. The predicted molar refractivity (Wildman–Crippen MR) is 82.4 cm³/mol. The number of aromatic nitrogens is 1. The molecule has 2 rings (SSSR count). The molecule has 0 radical (unpaired) electrons. The highest BCUT2D eigenvalue weighted by molar-refractivity contribution is 7.11. The molecule has 0 amide bonds. The third kappa shape index (κ3) is 4.08. The fourth-order valence-electron chi connectivity index (χ4n) is 1.95. The summed E-state index contributed by atoms with van der Waals surface area (Å²) >= 11 is 1.64. The van der Waals surface area contributed by atoms with Crippen LogP contribution < -0.4 is 5.32 Å². The number of rotatable bonds is 4. The van der Waals surface area contributed by atoms with Crippen molar-refractivity contribution in [3.05, 3.63) is 51.5 Å². The molecule has 1 aromatic carbocycles. The quantitative estimate of drug-likeness (QED) is 0.895. The minimum absolute atomic E-state index is 0.0310. The first-order chi connectivity index (χ1) is 9.77. The Morgan fingerprint density at radius 3 is 2.62 bits per heavy atom. The molecule has 2 nitrogen and oxygen atoms in total. The fraction of sp³-hybridized carbons (Fsp3) is 0.438. The zero-order chi connectivity index (χ0) is 15.6. The molecular formula is C16H20F2N2S. The van der Waals surface area contributed by atoms with E-state index in [-0.39, 0.29) is 11.5 Å². The van der Waals surface area contributed by atoms with Crippen LogP contribution >= 0.6 is 11.3 Å². The first-order valence-electron chi connectivity index (χ1n) is 6.91. The normalized spacial score (nSPS) is 13.4. The van der Waals surface area contributed by atoms with Crippen molar-refractivity contribution in [2.24, 2.45) is 0 Å². The molecule has 0 aliphatic carbocycles. The molecule has 2 aromatic rings. The van der Waals surface area contributed by atoms with E-state index in [0.717, 1.165) is 22.0 Å². The summed E-state index contributed by atoms with van der Waals surface area (Å²) in [5.74, 6) is -0.816. The summed E-state index contributed by atoms with van der Waals surface area (Å²) in [7, 11) is 0. The molecule has 0 spiro atoms. The maximum atomic E-state index is 13.7. The van der Waals surface area contributed by atoms with Crippen molar-refractivity contribution < 1.29 is 8.78 Å². The number of nitrogens with zero attached hydrogens (tertiary/aromatic N) is 1. The Morgan fingerprint density at radius 1 is 1.29 bits per heavy atom. The van der Waals surface area contributed by atoms with Gasteiger partial charge in [-0.25, -0.2) is 13.8 Å². The summed E-state index contributed by atoms with van der Waals surface area (Å²) in [5.41, 5.74) is 0.374. The lowest BCUT2D eigenvalue weighted by Crippen LogP contribution is -2.18. The molecule has 1 atom stereocenters. The number of halogens is 2. The second-order valence-electron chi connectivity index (χ2n) is 6.15. The molecule has 0 bridgehead atoms. The van der Waals surface area contributed by atoms with Gasteiger partial charge in [-0.1, -0.05) is 20.8 Å². The molecule has 21 heavy (non-hydrogen) atoms. The fourth-order valence-corrected chi connectivity index (χ4v) is 2.87. The van der Waals surface area contributed by atoms with E-state index in [1.54, 1.807) is 11.3 Å². The zero-order valence-corrected chi connectivity index (χ0v) is 13.5. The molecule has 0 fully saturated rings. The van der Waals surface area contributed by atoms with Gasteiger partial charge in [0, 0.05) is 34.6 Å². The van der Waals surface area contributed by atoms with Crippen LogP contribution in [0.15, 0.2) is 24.4 Å². The zero-order valence-electron chi connectivity index (χ0n) is 12.7. The van der Waals surface area contributed by atoms with Gasteiger partial charge in [-0.3, -0.25) is 0 Å². The number of hydrogen-bond acceptors (Lipinski definition) is 3. The Morgan fingerprint density at radius 2 is 2.00 bits per heavy atom. The third-order valence-corrected chi connectivity index (χ3v) is 4.63. The average molecular weight is 310 g/mol. The van der Waals surface area contributed by atoms with Crippen LogP contribution in [0.5, 0.6) is 0 Å². The Kier molecular flexibility index (Phi) is 4.74. The number of thiazole rings is 1. The van der Waals surface area contributed by atoms with Gasteiger partial charge >= 0.3 is 0 Å². The summed E-state index contributed by atoms with van der Waals surface area (Å²) in [4.78, 5) is 5.50. The second-order valence-corrected chi connectivity index (χ2v) is 7.27. The highest BCUT2D eigenvalue weighted by Crippen LogP contribution is 2.27. The predicted octanol–water partition coefficient (Wildman–Crippen LogP) is 4.57. The van der Waals surface area contributed by atoms with Gasteiger partial charge in [-0.2, -0.15) is 0 Å². The van der Waals surface area contributed by atoms with Crippen molar-refractivity contribution in [3.63, 3.8) is 0 Å². The van der Waals surface area contributed by atoms with Gasteiger partial charge in [-0.05, 0) is 25.1 Å². The highest BCUT2D eigenvalue weighted by atomic mass is 32.1. The van der Waals surface area contributed by atoms with Gasteiger partial charge in [0.2, 0.25) is 0 Å². The van der Waals surface area contributed by atoms with Crippen LogP contribution in [0.4, 0.5) is 8.78 Å². The molecule has 1 unspecified atom stereocenters. The van der Waals surface area contributed by atoms with Crippen molar-refractivity contribution >= 4 is 11.3 Å². The van der Waals surface area contributed by atoms with Gasteiger partial charge in [0.05, 0.1) is 5.01 Å². The van der Waals surface area contributed by atoms with Crippen molar-refractivity contribution in [2.75, 3.05) is 0 Å². The van der Waals surface area contributed by atoms with Gasteiger partial charge in [0.15, 0.2) is 0 Å². The number of nitrogens with one attached hydrogen (secondary N) is 1. The monoisotopic (exact) mass is 310 g/mol. The topological polar surface area (TPSA) is 24.9 Å². The van der Waals surface area contributed by atoms with Crippen LogP contribution in [0.2, 0.25) is 0 Å². The lowest BCUT2D eigenvalue weighted by Gasteiger charge is -2.15. The molecule has 0 aliphatic rings. The van der Waals surface area contributed by atoms with E-state index in [1.807, 2.05) is 13.1 Å². The summed E-state index contributed by atoms with van der Waals surface area (Å²) in [6.07, 6.45) is 1.84. The molecule has 0 saturated heterocycles. The molecule has 1 aromatic heterocycles. The van der Waals surface area contributed by atoms with Crippen LogP contribution in [0.1, 0.15) is 49.2 Å². The third-order valence-electron chi connectivity index (χ3n) is 3.20. The second kappa shape index (κ2) is 6.20. The first-order valence-corrected chi connectivity index (χ1v) is 7.72. The van der Waals surface area contributed by atoms with Crippen LogP contribution in [0, 0.1) is 11.6 Å². The van der Waals surface area contributed by atoms with Crippen molar-refractivity contribution in [1.82, 2.24) is 10.3 Å². The lowest BCUT2D eigenvalue weighted by atomic mass is 9.98. The van der Waals surface area contributed by atoms with Crippen LogP contribution in [-0.4, -0.2) is 4.98 Å². The van der Waals surface area contributed by atoms with Gasteiger partial charge in [0.1, 0.15) is 11.6 Å². The molecule has 1 heterocycles. The number of hydrogen-bond donors (Lipinski definition) is 1. The van der Waals surface area contributed by atoms with Crippen LogP contribution in [0.25, 0.3) is 0 Å². The minimum atomic E-state index is -0.423. The average Bonchev–Trinajstić information content (AvgIpc) is 2.87. The van der Waals surface area contributed by atoms with Crippen LogP contribution in [-0.2, 0) is 12.0 Å². The molecule has 114 valence electrons. The van der Waals surface area contributed by atoms with Gasteiger partial charge < -0.3 is 5.32 Å². The Labute approximate surface area is 128 Å². The Bertz CT molecular complexity index is 617. The summed E-state index contributed by atoms with van der Waals surface area (Å²) in [6, 6.07) is 3.26. The van der Waals surface area contributed by atoms with Crippen molar-refractivity contribution in [3.8, 4) is 0 Å². The van der Waals surface area contributed by atoms with E-state index in [9.17, 15) is 8.78 Å². The van der Waals surface area contributed by atoms with Crippen molar-refractivity contribution in [2.45, 2.75) is 45.7 Å². The van der Waals surface area contributed by atoms with E-state index in [1.165, 1.54) is 6.07 Å². The first kappa shape index (κ1) is 16.0. The molecule has 0 saturated carbocycles. The van der Waals surface area contributed by atoms with Gasteiger partial charge in [0.25, 0.3) is 0 Å². The highest BCUT2D eigenvalue weighted by Gasteiger charge is 2.18. The summed E-state index contributed by atoms with van der Waals surface area (Å²) in [6.45, 7) is 8.77. The maximum Gasteiger partial charge on any atom is 0.128 e. The molecule has 1 N–H and O–H groups in total. The molecule has 0 aliphatic heterocycles. The Hall–Kier alpha value is -1.33. The van der Waals surface area contributed by atoms with E-state index in [2.05, 4.69) is 31.1 Å². The van der Waals surface area contributed by atoms with Crippen LogP contribution in [0.3, 0.4) is 0 Å².